The molecular formula is C17H21N3O2. The molecule has 1 aromatic carbocycles. The second-order valence-corrected chi connectivity index (χ2v) is 5.70. The van der Waals surface area contributed by atoms with Crippen LogP contribution in [0.5, 0.6) is 0 Å². The highest BCUT2D eigenvalue weighted by molar-refractivity contribution is 5.76. The Morgan fingerprint density at radius 1 is 1.27 bits per heavy atom. The molecule has 116 valence electrons. The normalized spacial score (nSPS) is 16.0. The van der Waals surface area contributed by atoms with Gasteiger partial charge in [-0.3, -0.25) is 4.79 Å². The molecule has 0 radical (unpaired) electrons. The number of nitrogens with two attached hydrogens (primary N) is 1. The molecule has 1 amide bonds. The second-order valence-electron chi connectivity index (χ2n) is 5.70. The Hall–Kier alpha value is -2.14. The van der Waals surface area contributed by atoms with E-state index in [9.17, 15) is 4.79 Å². The van der Waals surface area contributed by atoms with Crippen LogP contribution < -0.4 is 5.73 Å². The van der Waals surface area contributed by atoms with Gasteiger partial charge in [-0.15, -0.1) is 0 Å². The van der Waals surface area contributed by atoms with Crippen LogP contribution in [0.25, 0.3) is 11.3 Å². The van der Waals surface area contributed by atoms with Gasteiger partial charge >= 0.3 is 0 Å². The van der Waals surface area contributed by atoms with Crippen molar-refractivity contribution < 1.29 is 9.21 Å². The maximum atomic E-state index is 12.2. The first-order valence-electron chi connectivity index (χ1n) is 7.76. The maximum Gasteiger partial charge on any atom is 0.223 e. The number of piperidine rings is 1. The quantitative estimate of drug-likeness (QED) is 0.939. The lowest BCUT2D eigenvalue weighted by molar-refractivity contribution is -0.132. The van der Waals surface area contributed by atoms with Crippen LogP contribution in [0.1, 0.15) is 25.2 Å². The van der Waals surface area contributed by atoms with Crippen LogP contribution in [0, 0.1) is 0 Å². The first-order chi connectivity index (χ1) is 10.7. The molecule has 1 fully saturated rings. The number of oxazole rings is 1. The smallest absolute Gasteiger partial charge is 0.223 e. The van der Waals surface area contributed by atoms with Crippen molar-refractivity contribution in [1.29, 1.82) is 0 Å². The van der Waals surface area contributed by atoms with Gasteiger partial charge in [0.05, 0.1) is 6.20 Å². The third-order valence-electron chi connectivity index (χ3n) is 4.06. The van der Waals surface area contributed by atoms with E-state index in [4.69, 9.17) is 10.2 Å². The van der Waals surface area contributed by atoms with E-state index in [1.165, 1.54) is 0 Å². The topological polar surface area (TPSA) is 72.4 Å². The standard InChI is InChI=1S/C17H21N3O2/c18-14-8-10-20(11-9-14)17(21)7-6-16-19-12-15(22-16)13-4-2-1-3-5-13/h1-5,12,14H,6-11,18H2. The van der Waals surface area contributed by atoms with Crippen LogP contribution in [0.3, 0.4) is 0 Å². The fraction of sp³-hybridized carbons (Fsp3) is 0.412. The molecule has 0 bridgehead atoms. The number of likely N-dealkylation sites (tertiary alicyclic amines) is 1. The fourth-order valence-corrected chi connectivity index (χ4v) is 2.68. The number of rotatable bonds is 4. The summed E-state index contributed by atoms with van der Waals surface area (Å²) in [7, 11) is 0. The molecule has 0 atom stereocenters. The van der Waals surface area contributed by atoms with E-state index < -0.39 is 0 Å². The molecule has 5 nitrogen and oxygen atoms in total. The van der Waals surface area contributed by atoms with E-state index in [1.807, 2.05) is 35.2 Å². The molecule has 1 saturated heterocycles. The van der Waals surface area contributed by atoms with E-state index in [-0.39, 0.29) is 11.9 Å². The van der Waals surface area contributed by atoms with Crippen LogP contribution in [-0.2, 0) is 11.2 Å². The average molecular weight is 299 g/mol. The minimum atomic E-state index is 0.159. The lowest BCUT2D eigenvalue weighted by atomic mass is 10.1. The number of nitrogens with zero attached hydrogens (tertiary/aromatic N) is 2. The molecule has 5 heteroatoms. The van der Waals surface area contributed by atoms with Gasteiger partial charge in [0.25, 0.3) is 0 Å². The van der Waals surface area contributed by atoms with Gasteiger partial charge < -0.3 is 15.1 Å². The van der Waals surface area contributed by atoms with Gasteiger partial charge in [-0.2, -0.15) is 0 Å². The lowest BCUT2D eigenvalue weighted by Gasteiger charge is -2.30. The zero-order chi connectivity index (χ0) is 15.4. The van der Waals surface area contributed by atoms with E-state index in [0.29, 0.717) is 18.7 Å². The van der Waals surface area contributed by atoms with Crippen LogP contribution in [0.4, 0.5) is 0 Å². The molecule has 22 heavy (non-hydrogen) atoms. The SMILES string of the molecule is NC1CCN(C(=O)CCc2ncc(-c3ccccc3)o2)CC1. The minimum absolute atomic E-state index is 0.159. The summed E-state index contributed by atoms with van der Waals surface area (Å²) in [5, 5.41) is 0. The number of benzene rings is 1. The summed E-state index contributed by atoms with van der Waals surface area (Å²) < 4.78 is 5.72. The molecular weight excluding hydrogens is 278 g/mol. The average Bonchev–Trinajstić information content (AvgIpc) is 3.03. The fourth-order valence-electron chi connectivity index (χ4n) is 2.68. The highest BCUT2D eigenvalue weighted by atomic mass is 16.4. The molecule has 0 spiro atoms. The second kappa shape index (κ2) is 6.75. The van der Waals surface area contributed by atoms with E-state index >= 15 is 0 Å². The summed E-state index contributed by atoms with van der Waals surface area (Å²) in [5.74, 6) is 1.51. The molecule has 1 aromatic heterocycles. The summed E-state index contributed by atoms with van der Waals surface area (Å²) in [6.45, 7) is 1.53. The van der Waals surface area contributed by atoms with Gasteiger partial charge in [-0.05, 0) is 12.8 Å². The highest BCUT2D eigenvalue weighted by Gasteiger charge is 2.20. The van der Waals surface area contributed by atoms with Crippen molar-refractivity contribution in [3.05, 3.63) is 42.4 Å². The Bertz CT molecular complexity index is 616. The van der Waals surface area contributed by atoms with Gasteiger partial charge in [0.1, 0.15) is 0 Å². The van der Waals surface area contributed by atoms with Crippen LogP contribution in [0.15, 0.2) is 40.9 Å². The maximum absolute atomic E-state index is 12.2. The summed E-state index contributed by atoms with van der Waals surface area (Å²) in [4.78, 5) is 18.3. The predicted molar refractivity (Wildman–Crippen MR) is 84.0 cm³/mol. The summed E-state index contributed by atoms with van der Waals surface area (Å²) in [5.41, 5.74) is 6.85. The predicted octanol–water partition coefficient (Wildman–Crippen LogP) is 2.22. The third kappa shape index (κ3) is 3.54. The first-order valence-corrected chi connectivity index (χ1v) is 7.76. The Morgan fingerprint density at radius 2 is 2.00 bits per heavy atom. The molecule has 3 rings (SSSR count). The van der Waals surface area contributed by atoms with Crippen molar-refractivity contribution in [3.8, 4) is 11.3 Å². The highest BCUT2D eigenvalue weighted by Crippen LogP contribution is 2.20. The largest absolute Gasteiger partial charge is 0.441 e. The van der Waals surface area contributed by atoms with Crippen molar-refractivity contribution in [2.45, 2.75) is 31.7 Å². The molecule has 0 aliphatic carbocycles. The molecule has 0 unspecified atom stereocenters. The Kier molecular flexibility index (Phi) is 4.53. The zero-order valence-electron chi connectivity index (χ0n) is 12.6. The number of amides is 1. The summed E-state index contributed by atoms with van der Waals surface area (Å²) >= 11 is 0. The zero-order valence-corrected chi connectivity index (χ0v) is 12.6. The molecule has 2 aromatic rings. The van der Waals surface area contributed by atoms with Crippen molar-refractivity contribution >= 4 is 5.91 Å². The number of carbonyl (C=O) groups excluding carboxylic acids is 1. The van der Waals surface area contributed by atoms with Gasteiger partial charge in [-0.1, -0.05) is 30.3 Å². The first kappa shape index (κ1) is 14.8. The van der Waals surface area contributed by atoms with Crippen molar-refractivity contribution in [2.24, 2.45) is 5.73 Å². The molecule has 2 heterocycles. The van der Waals surface area contributed by atoms with Crippen molar-refractivity contribution in [1.82, 2.24) is 9.88 Å². The number of hydrogen-bond acceptors (Lipinski definition) is 4. The van der Waals surface area contributed by atoms with E-state index in [2.05, 4.69) is 4.98 Å². The number of aryl methyl sites for hydroxylation is 1. The molecule has 0 saturated carbocycles. The molecule has 2 N–H and O–H groups in total. The lowest BCUT2D eigenvalue weighted by Crippen LogP contribution is -2.42. The third-order valence-corrected chi connectivity index (χ3v) is 4.06. The summed E-state index contributed by atoms with van der Waals surface area (Å²) in [6.07, 6.45) is 4.47. The molecule has 1 aliphatic heterocycles. The Labute approximate surface area is 130 Å². The van der Waals surface area contributed by atoms with Gasteiger partial charge in [0.15, 0.2) is 11.7 Å². The van der Waals surface area contributed by atoms with Gasteiger partial charge in [-0.25, -0.2) is 4.98 Å². The van der Waals surface area contributed by atoms with E-state index in [0.717, 1.165) is 37.3 Å². The van der Waals surface area contributed by atoms with Crippen LogP contribution in [-0.4, -0.2) is 34.9 Å². The van der Waals surface area contributed by atoms with Crippen LogP contribution >= 0.6 is 0 Å². The number of carbonyl (C=O) groups is 1. The minimum Gasteiger partial charge on any atom is -0.441 e. The van der Waals surface area contributed by atoms with Gasteiger partial charge in [0, 0.05) is 37.5 Å². The summed E-state index contributed by atoms with van der Waals surface area (Å²) in [6, 6.07) is 10.1. The van der Waals surface area contributed by atoms with E-state index in [1.54, 1.807) is 6.20 Å². The molecule has 1 aliphatic rings. The van der Waals surface area contributed by atoms with Crippen LogP contribution in [0.2, 0.25) is 0 Å². The number of aromatic nitrogens is 1. The number of hydrogen-bond donors (Lipinski definition) is 1. The van der Waals surface area contributed by atoms with Crippen molar-refractivity contribution in [2.75, 3.05) is 13.1 Å². The Balaban J connectivity index is 1.54. The van der Waals surface area contributed by atoms with Gasteiger partial charge in [0.2, 0.25) is 5.91 Å². The monoisotopic (exact) mass is 299 g/mol. The Morgan fingerprint density at radius 3 is 2.73 bits per heavy atom. The van der Waals surface area contributed by atoms with Crippen molar-refractivity contribution in [3.63, 3.8) is 0 Å².